The summed E-state index contributed by atoms with van der Waals surface area (Å²) in [7, 11) is 0. The molecule has 0 aromatic heterocycles. The monoisotopic (exact) mass is 598 g/mol. The molecule has 4 aromatic rings. The van der Waals surface area contributed by atoms with Crippen LogP contribution in [0.2, 0.25) is 0 Å². The fraction of sp³-hybridized carbons (Fsp3) is 0.306. The normalized spacial score (nSPS) is 21.7. The average Bonchev–Trinajstić information content (AvgIpc) is 3.06. The van der Waals surface area contributed by atoms with Crippen LogP contribution >= 0.6 is 11.8 Å². The van der Waals surface area contributed by atoms with E-state index < -0.39 is 35.8 Å². The molecule has 1 saturated heterocycles. The zero-order valence-corrected chi connectivity index (χ0v) is 25.1. The molecule has 5 atom stereocenters. The van der Waals surface area contributed by atoms with Crippen molar-refractivity contribution in [2.24, 2.45) is 0 Å². The van der Waals surface area contributed by atoms with Crippen molar-refractivity contribution in [3.8, 4) is 0 Å². The Labute approximate surface area is 258 Å². The molecule has 5 rings (SSSR count). The highest BCUT2D eigenvalue weighted by molar-refractivity contribution is 7.99. The summed E-state index contributed by atoms with van der Waals surface area (Å²) >= 11 is 1.58. The Hall–Kier alpha value is -3.46. The molecule has 0 N–H and O–H groups in total. The van der Waals surface area contributed by atoms with Crippen LogP contribution in [0.25, 0.3) is 0 Å². The third kappa shape index (κ3) is 9.02. The van der Waals surface area contributed by atoms with Gasteiger partial charge in [0.05, 0.1) is 32.0 Å². The van der Waals surface area contributed by atoms with Gasteiger partial charge in [-0.3, -0.25) is 0 Å². The number of thioether (sulfide) groups is 1. The van der Waals surface area contributed by atoms with Gasteiger partial charge in [-0.15, -0.1) is 11.8 Å². The molecule has 7 heteroatoms. The molecule has 0 aliphatic carbocycles. The van der Waals surface area contributed by atoms with Gasteiger partial charge in [0, 0.05) is 0 Å². The second kappa shape index (κ2) is 16.4. The first-order valence-corrected chi connectivity index (χ1v) is 15.7. The Morgan fingerprint density at radius 1 is 0.651 bits per heavy atom. The van der Waals surface area contributed by atoms with E-state index in [-0.39, 0.29) is 0 Å². The van der Waals surface area contributed by atoms with Gasteiger partial charge in [-0.05, 0) is 34.6 Å². The third-order valence-electron chi connectivity index (χ3n) is 7.14. The lowest BCUT2D eigenvalue weighted by Gasteiger charge is -2.45. The number of hydrogen-bond acceptors (Lipinski definition) is 7. The number of carbonyl (C=O) groups is 1. The molecule has 0 amide bonds. The van der Waals surface area contributed by atoms with Gasteiger partial charge in [0.1, 0.15) is 23.7 Å². The van der Waals surface area contributed by atoms with Crippen LogP contribution in [-0.4, -0.2) is 48.2 Å². The van der Waals surface area contributed by atoms with Gasteiger partial charge in [0.2, 0.25) is 0 Å². The number of hydrogen-bond donors (Lipinski definition) is 0. The summed E-state index contributed by atoms with van der Waals surface area (Å²) in [5, 5.41) is 0. The fourth-order valence-corrected chi connectivity index (χ4v) is 5.94. The predicted molar refractivity (Wildman–Crippen MR) is 169 cm³/mol. The van der Waals surface area contributed by atoms with E-state index in [2.05, 4.69) is 6.92 Å². The predicted octanol–water partition coefficient (Wildman–Crippen LogP) is 7.08. The molecule has 43 heavy (non-hydrogen) atoms. The first kappa shape index (κ1) is 31.0. The van der Waals surface area contributed by atoms with Crippen molar-refractivity contribution in [1.29, 1.82) is 0 Å². The van der Waals surface area contributed by atoms with Crippen LogP contribution in [-0.2, 0) is 43.5 Å². The molecular weight excluding hydrogens is 560 g/mol. The fourth-order valence-electron chi connectivity index (χ4n) is 4.99. The number of ether oxygens (including phenoxy) is 5. The zero-order chi connectivity index (χ0) is 29.7. The van der Waals surface area contributed by atoms with Crippen LogP contribution in [0.3, 0.4) is 0 Å². The number of benzene rings is 4. The zero-order valence-electron chi connectivity index (χ0n) is 24.3. The molecule has 1 aliphatic rings. The van der Waals surface area contributed by atoms with Crippen molar-refractivity contribution in [1.82, 2.24) is 0 Å². The summed E-state index contributed by atoms with van der Waals surface area (Å²) in [6.45, 7) is 3.47. The van der Waals surface area contributed by atoms with Gasteiger partial charge in [-0.1, -0.05) is 116 Å². The van der Waals surface area contributed by atoms with Crippen molar-refractivity contribution in [2.75, 3.05) is 12.4 Å². The van der Waals surface area contributed by atoms with Crippen molar-refractivity contribution in [3.63, 3.8) is 0 Å². The first-order chi connectivity index (χ1) is 21.2. The average molecular weight is 599 g/mol. The molecule has 0 saturated carbocycles. The molecule has 1 aliphatic heterocycles. The van der Waals surface area contributed by atoms with Crippen molar-refractivity contribution in [2.45, 2.75) is 56.6 Å². The Bertz CT molecular complexity index is 1360. The van der Waals surface area contributed by atoms with E-state index in [0.29, 0.717) is 32.0 Å². The topological polar surface area (TPSA) is 63.2 Å². The van der Waals surface area contributed by atoms with Crippen LogP contribution in [0, 0.1) is 0 Å². The minimum atomic E-state index is -0.715. The van der Waals surface area contributed by atoms with Crippen LogP contribution in [0.5, 0.6) is 0 Å². The Kier molecular flexibility index (Phi) is 11.8. The molecule has 4 aromatic carbocycles. The number of rotatable bonds is 14. The third-order valence-corrected chi connectivity index (χ3v) is 8.18. The number of esters is 1. The summed E-state index contributed by atoms with van der Waals surface area (Å²) < 4.78 is 32.3. The smallest absolute Gasteiger partial charge is 0.338 e. The largest absolute Gasteiger partial charge is 0.452 e. The van der Waals surface area contributed by atoms with Crippen LogP contribution in [0.15, 0.2) is 121 Å². The van der Waals surface area contributed by atoms with Crippen molar-refractivity contribution >= 4 is 17.7 Å². The van der Waals surface area contributed by atoms with E-state index in [0.717, 1.165) is 22.4 Å². The van der Waals surface area contributed by atoms with Gasteiger partial charge in [-0.25, -0.2) is 4.79 Å². The SMILES string of the molecule is CCS[C@@H]1O[C@H](COCc2ccccc2)[C@H](OCc2ccccc2)[C@H](OCc2ccccc2)[C@H]1OC(=O)c1ccccc1. The van der Waals surface area contributed by atoms with Gasteiger partial charge >= 0.3 is 5.97 Å². The van der Waals surface area contributed by atoms with Gasteiger partial charge in [0.25, 0.3) is 0 Å². The molecule has 0 bridgehead atoms. The van der Waals surface area contributed by atoms with Gasteiger partial charge in [0.15, 0.2) is 6.10 Å². The van der Waals surface area contributed by atoms with E-state index >= 15 is 0 Å². The summed E-state index contributed by atoms with van der Waals surface area (Å²) in [5.74, 6) is 0.340. The van der Waals surface area contributed by atoms with Crippen molar-refractivity contribution in [3.05, 3.63) is 144 Å². The summed E-state index contributed by atoms with van der Waals surface area (Å²) in [4.78, 5) is 13.4. The highest BCUT2D eigenvalue weighted by atomic mass is 32.2. The molecule has 6 nitrogen and oxygen atoms in total. The highest BCUT2D eigenvalue weighted by Gasteiger charge is 2.50. The lowest BCUT2D eigenvalue weighted by molar-refractivity contribution is -0.242. The van der Waals surface area contributed by atoms with Crippen molar-refractivity contribution < 1.29 is 28.5 Å². The lowest BCUT2D eigenvalue weighted by atomic mass is 9.98. The Morgan fingerprint density at radius 3 is 1.67 bits per heavy atom. The van der Waals surface area contributed by atoms with E-state index in [1.165, 1.54) is 0 Å². The summed E-state index contributed by atoms with van der Waals surface area (Å²) in [6, 6.07) is 39.0. The second-order valence-corrected chi connectivity index (χ2v) is 11.6. The molecule has 0 radical (unpaired) electrons. The van der Waals surface area contributed by atoms with E-state index in [1.807, 2.05) is 109 Å². The van der Waals surface area contributed by atoms with Crippen LogP contribution < -0.4 is 0 Å². The van der Waals surface area contributed by atoms with E-state index in [1.54, 1.807) is 23.9 Å². The summed E-state index contributed by atoms with van der Waals surface area (Å²) in [5.41, 5.74) is 3.11. The maximum absolute atomic E-state index is 13.4. The molecule has 1 fully saturated rings. The van der Waals surface area contributed by atoms with Crippen LogP contribution in [0.1, 0.15) is 34.0 Å². The standard InChI is InChI=1S/C36H38O6S/c1-2-43-36-34(42-35(37)30-21-13-6-14-22-30)33(40-25-29-19-11-5-12-20-29)32(39-24-28-17-9-4-10-18-28)31(41-36)26-38-23-27-15-7-3-8-16-27/h3-22,31-34,36H,2,23-26H2,1H3/t31-,32+,33+,34-,36+/m1/s1. The summed E-state index contributed by atoms with van der Waals surface area (Å²) in [6.07, 6.45) is -2.35. The van der Waals surface area contributed by atoms with Crippen LogP contribution in [0.4, 0.5) is 0 Å². The first-order valence-electron chi connectivity index (χ1n) is 14.7. The van der Waals surface area contributed by atoms with E-state index in [4.69, 9.17) is 23.7 Å². The second-order valence-electron chi connectivity index (χ2n) is 10.3. The van der Waals surface area contributed by atoms with E-state index in [9.17, 15) is 4.79 Å². The lowest BCUT2D eigenvalue weighted by Crippen LogP contribution is -2.60. The van der Waals surface area contributed by atoms with Gasteiger partial charge in [-0.2, -0.15) is 0 Å². The quantitative estimate of drug-likeness (QED) is 0.144. The maximum atomic E-state index is 13.4. The molecular formula is C36H38O6S. The molecule has 0 unspecified atom stereocenters. The highest BCUT2D eigenvalue weighted by Crippen LogP contribution is 2.35. The number of carbonyl (C=O) groups excluding carboxylic acids is 1. The Morgan fingerprint density at radius 2 is 1.14 bits per heavy atom. The molecule has 224 valence electrons. The minimum absolute atomic E-state index is 0.291. The maximum Gasteiger partial charge on any atom is 0.338 e. The van der Waals surface area contributed by atoms with Gasteiger partial charge < -0.3 is 23.7 Å². The molecule has 0 spiro atoms. The Balaban J connectivity index is 1.43. The molecule has 1 heterocycles. The minimum Gasteiger partial charge on any atom is -0.452 e.